The zero-order valence-corrected chi connectivity index (χ0v) is 16.3. The molecule has 148 valence electrons. The number of nitrogens with one attached hydrogen (secondary N) is 1. The number of carbonyl (C=O) groups is 1. The topological polar surface area (TPSA) is 108 Å². The predicted octanol–water partition coefficient (Wildman–Crippen LogP) is 2.26. The highest BCUT2D eigenvalue weighted by molar-refractivity contribution is 5.93. The van der Waals surface area contributed by atoms with Crippen LogP contribution in [0.4, 0.5) is 11.6 Å². The van der Waals surface area contributed by atoms with Gasteiger partial charge in [-0.1, -0.05) is 17.9 Å². The van der Waals surface area contributed by atoms with Crippen molar-refractivity contribution >= 4 is 17.5 Å². The SMILES string of the molecule is COCCCn1cc(Nc2ncc(C#Cc3cc(C(N)=O)ccc3C)cn2)cn1. The molecule has 0 saturated carbocycles. The van der Waals surface area contributed by atoms with Crippen molar-refractivity contribution in [1.82, 2.24) is 19.7 Å². The van der Waals surface area contributed by atoms with E-state index >= 15 is 0 Å². The number of nitrogens with zero attached hydrogens (tertiary/aromatic N) is 4. The Morgan fingerprint density at radius 3 is 2.76 bits per heavy atom. The number of ether oxygens (including phenoxy) is 1. The van der Waals surface area contributed by atoms with Crippen LogP contribution in [0.1, 0.15) is 33.5 Å². The van der Waals surface area contributed by atoms with Crippen molar-refractivity contribution in [2.75, 3.05) is 19.0 Å². The van der Waals surface area contributed by atoms with Gasteiger partial charge < -0.3 is 15.8 Å². The second-order valence-corrected chi connectivity index (χ2v) is 6.40. The molecule has 0 aliphatic rings. The Hall–Kier alpha value is -3.70. The summed E-state index contributed by atoms with van der Waals surface area (Å²) in [5.41, 5.74) is 8.93. The molecular weight excluding hydrogens is 368 g/mol. The molecule has 0 atom stereocenters. The fourth-order valence-electron chi connectivity index (χ4n) is 2.56. The first-order chi connectivity index (χ1) is 14.0. The Balaban J connectivity index is 1.65. The lowest BCUT2D eigenvalue weighted by Crippen LogP contribution is -2.11. The monoisotopic (exact) mass is 390 g/mol. The van der Waals surface area contributed by atoms with Gasteiger partial charge in [0, 0.05) is 50.0 Å². The quantitative estimate of drug-likeness (QED) is 0.473. The summed E-state index contributed by atoms with van der Waals surface area (Å²) >= 11 is 0. The molecule has 2 heterocycles. The van der Waals surface area contributed by atoms with Gasteiger partial charge in [0.05, 0.1) is 17.4 Å². The smallest absolute Gasteiger partial charge is 0.248 e. The lowest BCUT2D eigenvalue weighted by molar-refractivity contribution is 0.1000. The predicted molar refractivity (Wildman–Crippen MR) is 110 cm³/mol. The van der Waals surface area contributed by atoms with E-state index < -0.39 is 5.91 Å². The van der Waals surface area contributed by atoms with Crippen molar-refractivity contribution in [3.8, 4) is 11.8 Å². The van der Waals surface area contributed by atoms with Crippen molar-refractivity contribution in [2.45, 2.75) is 19.9 Å². The molecule has 0 unspecified atom stereocenters. The summed E-state index contributed by atoms with van der Waals surface area (Å²) in [6, 6.07) is 5.20. The van der Waals surface area contributed by atoms with Gasteiger partial charge in [-0.05, 0) is 31.0 Å². The van der Waals surface area contributed by atoms with Crippen LogP contribution in [0.5, 0.6) is 0 Å². The summed E-state index contributed by atoms with van der Waals surface area (Å²) in [6.45, 7) is 3.40. The number of hydrogen-bond donors (Lipinski definition) is 2. The molecule has 0 fully saturated rings. The molecule has 3 N–H and O–H groups in total. The van der Waals surface area contributed by atoms with Gasteiger partial charge in [0.25, 0.3) is 0 Å². The highest BCUT2D eigenvalue weighted by Crippen LogP contribution is 2.12. The lowest BCUT2D eigenvalue weighted by atomic mass is 10.0. The molecule has 8 heteroatoms. The first kappa shape index (κ1) is 20.0. The Morgan fingerprint density at radius 2 is 2.03 bits per heavy atom. The average Bonchev–Trinajstić information content (AvgIpc) is 3.15. The van der Waals surface area contributed by atoms with Gasteiger partial charge in [0.1, 0.15) is 0 Å². The maximum Gasteiger partial charge on any atom is 0.248 e. The van der Waals surface area contributed by atoms with Crippen LogP contribution in [-0.4, -0.2) is 39.4 Å². The van der Waals surface area contributed by atoms with Gasteiger partial charge in [-0.25, -0.2) is 9.97 Å². The highest BCUT2D eigenvalue weighted by atomic mass is 16.5. The first-order valence-electron chi connectivity index (χ1n) is 9.08. The van der Waals surface area contributed by atoms with Crippen molar-refractivity contribution in [2.24, 2.45) is 5.73 Å². The first-order valence-corrected chi connectivity index (χ1v) is 9.08. The minimum atomic E-state index is -0.478. The van der Waals surface area contributed by atoms with Crippen LogP contribution in [0.2, 0.25) is 0 Å². The van der Waals surface area contributed by atoms with Gasteiger partial charge in [0.15, 0.2) is 0 Å². The summed E-state index contributed by atoms with van der Waals surface area (Å²) in [7, 11) is 1.68. The minimum absolute atomic E-state index is 0.429. The Morgan fingerprint density at radius 1 is 1.24 bits per heavy atom. The zero-order valence-electron chi connectivity index (χ0n) is 16.3. The summed E-state index contributed by atoms with van der Waals surface area (Å²) in [5, 5.41) is 7.39. The van der Waals surface area contributed by atoms with Gasteiger partial charge >= 0.3 is 0 Å². The Kier molecular flexibility index (Phi) is 6.55. The van der Waals surface area contributed by atoms with E-state index in [0.29, 0.717) is 23.7 Å². The number of rotatable bonds is 7. The number of aromatic nitrogens is 4. The number of carbonyl (C=O) groups excluding carboxylic acids is 1. The second-order valence-electron chi connectivity index (χ2n) is 6.40. The number of methoxy groups -OCH3 is 1. The molecule has 1 amide bonds. The van der Waals surface area contributed by atoms with E-state index in [4.69, 9.17) is 10.5 Å². The Labute approximate surface area is 169 Å². The summed E-state index contributed by atoms with van der Waals surface area (Å²) in [4.78, 5) is 19.9. The van der Waals surface area contributed by atoms with Gasteiger partial charge in [-0.15, -0.1) is 0 Å². The fourth-order valence-corrected chi connectivity index (χ4v) is 2.56. The molecule has 0 saturated heterocycles. The van der Waals surface area contributed by atoms with Gasteiger partial charge in [-0.2, -0.15) is 5.10 Å². The highest BCUT2D eigenvalue weighted by Gasteiger charge is 2.04. The van der Waals surface area contributed by atoms with Crippen LogP contribution in [0.15, 0.2) is 43.0 Å². The third kappa shape index (κ3) is 5.64. The largest absolute Gasteiger partial charge is 0.385 e. The number of aryl methyl sites for hydroxylation is 2. The van der Waals surface area contributed by atoms with Crippen LogP contribution in [0.3, 0.4) is 0 Å². The van der Waals surface area contributed by atoms with E-state index in [1.807, 2.05) is 23.9 Å². The molecule has 29 heavy (non-hydrogen) atoms. The number of amides is 1. The van der Waals surface area contributed by atoms with Crippen molar-refractivity contribution in [3.63, 3.8) is 0 Å². The molecule has 0 radical (unpaired) electrons. The maximum atomic E-state index is 11.3. The number of nitrogens with two attached hydrogens (primary N) is 1. The molecule has 3 aromatic rings. The molecule has 8 nitrogen and oxygen atoms in total. The number of hydrogen-bond acceptors (Lipinski definition) is 6. The third-order valence-corrected chi connectivity index (χ3v) is 4.14. The normalized spacial score (nSPS) is 10.3. The van der Waals surface area contributed by atoms with Crippen LogP contribution >= 0.6 is 0 Å². The summed E-state index contributed by atoms with van der Waals surface area (Å²) < 4.78 is 6.88. The van der Waals surface area contributed by atoms with E-state index in [9.17, 15) is 4.79 Å². The van der Waals surface area contributed by atoms with E-state index in [1.165, 1.54) is 0 Å². The molecule has 0 aliphatic heterocycles. The third-order valence-electron chi connectivity index (χ3n) is 4.14. The van der Waals surface area contributed by atoms with E-state index in [1.54, 1.807) is 37.8 Å². The average molecular weight is 390 g/mol. The number of benzene rings is 1. The molecule has 2 aromatic heterocycles. The molecule has 3 rings (SSSR count). The van der Waals surface area contributed by atoms with Crippen molar-refractivity contribution in [3.05, 3.63) is 65.2 Å². The fraction of sp³-hybridized carbons (Fsp3) is 0.238. The van der Waals surface area contributed by atoms with Crippen LogP contribution in [-0.2, 0) is 11.3 Å². The maximum absolute atomic E-state index is 11.3. The number of anilines is 2. The Bertz CT molecular complexity index is 1050. The second kappa shape index (κ2) is 9.48. The zero-order chi connectivity index (χ0) is 20.6. The van der Waals surface area contributed by atoms with Crippen molar-refractivity contribution < 1.29 is 9.53 Å². The molecule has 0 bridgehead atoms. The minimum Gasteiger partial charge on any atom is -0.385 e. The van der Waals surface area contributed by atoms with Crippen LogP contribution < -0.4 is 11.1 Å². The van der Waals surface area contributed by atoms with Crippen LogP contribution in [0, 0.1) is 18.8 Å². The standard InChI is InChI=1S/C21H22N6O2/c1-15-4-6-18(20(22)28)10-17(15)7-5-16-11-23-21(24-12-16)26-19-13-25-27(14-19)8-3-9-29-2/h4,6,10-14H,3,8-9H2,1-2H3,(H2,22,28)(H,23,24,26). The molecule has 0 spiro atoms. The van der Waals surface area contributed by atoms with Gasteiger partial charge in [0.2, 0.25) is 11.9 Å². The molecule has 0 aliphatic carbocycles. The number of primary amides is 1. The molecule has 1 aromatic carbocycles. The summed E-state index contributed by atoms with van der Waals surface area (Å²) in [6.07, 6.45) is 7.78. The van der Waals surface area contributed by atoms with E-state index in [0.717, 1.165) is 29.8 Å². The van der Waals surface area contributed by atoms with Crippen molar-refractivity contribution in [1.29, 1.82) is 0 Å². The van der Waals surface area contributed by atoms with E-state index in [2.05, 4.69) is 32.2 Å². The van der Waals surface area contributed by atoms with Gasteiger partial charge in [-0.3, -0.25) is 9.48 Å². The van der Waals surface area contributed by atoms with E-state index in [-0.39, 0.29) is 0 Å². The lowest BCUT2D eigenvalue weighted by Gasteiger charge is -2.02. The molecular formula is C21H22N6O2. The summed E-state index contributed by atoms with van der Waals surface area (Å²) in [5.74, 6) is 6.03. The van der Waals surface area contributed by atoms with Crippen LogP contribution in [0.25, 0.3) is 0 Å².